The molecule has 0 unspecified atom stereocenters. The molecule has 1 aliphatic carbocycles. The summed E-state index contributed by atoms with van der Waals surface area (Å²) < 4.78 is 0. The van der Waals surface area contributed by atoms with Crippen LogP contribution in [0.25, 0.3) is 0 Å². The molecule has 1 rings (SSSR count). The van der Waals surface area contributed by atoms with Gasteiger partial charge in [-0.1, -0.05) is 26.9 Å². The third kappa shape index (κ3) is 28.0. The molecule has 4 heteroatoms. The molecule has 0 heterocycles. The van der Waals surface area contributed by atoms with Crippen LogP contribution in [0, 0.1) is 35.8 Å². The summed E-state index contributed by atoms with van der Waals surface area (Å²) in [6.45, 7) is 9.52. The van der Waals surface area contributed by atoms with Crippen molar-refractivity contribution in [3.63, 3.8) is 0 Å². The van der Waals surface area contributed by atoms with E-state index in [0.717, 1.165) is 6.42 Å². The molecule has 0 spiro atoms. The zero-order valence-electron chi connectivity index (χ0n) is 14.1. The fraction of sp³-hybridized carbons (Fsp3) is 0.467. The van der Waals surface area contributed by atoms with Gasteiger partial charge in [0, 0.05) is 0 Å². The topological polar surface area (TPSA) is 0 Å². The van der Waals surface area contributed by atoms with Crippen molar-refractivity contribution < 1.29 is 17.4 Å². The van der Waals surface area contributed by atoms with Crippen molar-refractivity contribution in [1.29, 1.82) is 0 Å². The first-order chi connectivity index (χ1) is 6.22. The number of rotatable bonds is 3. The van der Waals surface area contributed by atoms with E-state index in [9.17, 15) is 0 Å². The average molecular weight is 361 g/mol. The second kappa shape index (κ2) is 31.4. The van der Waals surface area contributed by atoms with Gasteiger partial charge in [-0.15, -0.1) is 26.3 Å². The van der Waals surface area contributed by atoms with E-state index in [1.807, 2.05) is 12.2 Å². The molecule has 0 aliphatic heterocycles. The van der Waals surface area contributed by atoms with E-state index in [1.54, 1.807) is 0 Å². The van der Waals surface area contributed by atoms with Crippen LogP contribution in [0.5, 0.6) is 0 Å². The van der Waals surface area contributed by atoms with E-state index in [1.165, 1.54) is 12.3 Å². The fourth-order valence-electron chi connectivity index (χ4n) is 1.20. The molecule has 19 heavy (non-hydrogen) atoms. The summed E-state index contributed by atoms with van der Waals surface area (Å²) in [5, 5.41) is 0. The molecule has 2 radical (unpaired) electrons. The van der Waals surface area contributed by atoms with Crippen molar-refractivity contribution in [1.82, 2.24) is 0 Å². The minimum atomic E-state index is 0. The molecule has 0 aromatic heterocycles. The maximum absolute atomic E-state index is 2.99. The average Bonchev–Trinajstić information content (AvgIpc) is 2.62. The van der Waals surface area contributed by atoms with Gasteiger partial charge in [-0.3, -0.25) is 6.08 Å². The summed E-state index contributed by atoms with van der Waals surface area (Å²) in [5.41, 5.74) is 0. The molecule has 0 nitrogen and oxygen atoms in total. The summed E-state index contributed by atoms with van der Waals surface area (Å²) >= 11 is 0. The Bertz CT molecular complexity index is 160. The summed E-state index contributed by atoms with van der Waals surface area (Å²) in [5.74, 6) is 0. The van der Waals surface area contributed by atoms with E-state index >= 15 is 0 Å². The molecule has 0 N–H and O–H groups in total. The summed E-state index contributed by atoms with van der Waals surface area (Å²) in [7, 11) is 0.577. The normalized spacial score (nSPS) is 9.37. The van der Waals surface area contributed by atoms with E-state index in [-0.39, 0.29) is 67.9 Å². The van der Waals surface area contributed by atoms with E-state index in [4.69, 9.17) is 0 Å². The molecule has 0 amide bonds. The second-order valence-corrected chi connectivity index (χ2v) is 11.9. The van der Waals surface area contributed by atoms with Crippen LogP contribution in [0.4, 0.5) is 0 Å². The molecule has 0 fully saturated rings. The SMILES string of the molecule is CCP(CC)[Si](C)C.Cl.[C-]1=CC=CC1.[CH3-].[CH3-].[CH3-].[CH3-].[Cr+5]. The molecule has 0 bridgehead atoms. The molecule has 0 saturated heterocycles. The maximum Gasteiger partial charge on any atom is 5.00 e. The summed E-state index contributed by atoms with van der Waals surface area (Å²) in [4.78, 5) is 0. The molecule has 116 valence electrons. The van der Waals surface area contributed by atoms with Gasteiger partial charge in [0.25, 0.3) is 0 Å². The molecular formula is C15H34ClCrPSi. The predicted molar refractivity (Wildman–Crippen MR) is 100.0 cm³/mol. The van der Waals surface area contributed by atoms with Gasteiger partial charge < -0.3 is 29.7 Å². The van der Waals surface area contributed by atoms with Crippen molar-refractivity contribution >= 4 is 28.3 Å². The maximum atomic E-state index is 2.99. The Hall–Kier alpha value is 0.949. The van der Waals surface area contributed by atoms with Crippen LogP contribution in [0.2, 0.25) is 13.1 Å². The largest absolute Gasteiger partial charge is 5.00 e. The Balaban J connectivity index is -0.0000000238. The number of halogens is 1. The van der Waals surface area contributed by atoms with Gasteiger partial charge >= 0.3 is 17.4 Å². The monoisotopic (exact) mass is 360 g/mol. The van der Waals surface area contributed by atoms with Crippen molar-refractivity contribution in [3.8, 4) is 0 Å². The van der Waals surface area contributed by atoms with Gasteiger partial charge in [-0.05, 0) is 12.3 Å². The van der Waals surface area contributed by atoms with Crippen LogP contribution in [-0.4, -0.2) is 20.8 Å². The minimum absolute atomic E-state index is 0. The smallest absolute Gasteiger partial charge is 0.358 e. The van der Waals surface area contributed by atoms with Crippen LogP contribution in [0.3, 0.4) is 0 Å². The van der Waals surface area contributed by atoms with Crippen LogP contribution >= 0.6 is 19.9 Å². The zero-order chi connectivity index (χ0) is 10.1. The fourth-order valence-corrected chi connectivity index (χ4v) is 6.70. The Kier molecular flexibility index (Phi) is 70.5. The van der Waals surface area contributed by atoms with Crippen LogP contribution < -0.4 is 0 Å². The van der Waals surface area contributed by atoms with Gasteiger partial charge in [-0.2, -0.15) is 6.08 Å². The molecule has 0 atom stereocenters. The van der Waals surface area contributed by atoms with Gasteiger partial charge in [0.15, 0.2) is 0 Å². The van der Waals surface area contributed by atoms with Crippen LogP contribution in [0.15, 0.2) is 18.2 Å². The molecule has 1 aliphatic rings. The van der Waals surface area contributed by atoms with Crippen molar-refractivity contribution in [3.05, 3.63) is 54.0 Å². The number of hydrogen-bond acceptors (Lipinski definition) is 0. The number of hydrogen-bond donors (Lipinski definition) is 0. The quantitative estimate of drug-likeness (QED) is 0.315. The first-order valence-electron chi connectivity index (χ1n) is 4.99. The van der Waals surface area contributed by atoms with Gasteiger partial charge in [0.2, 0.25) is 0 Å². The molecule has 0 aromatic carbocycles. The van der Waals surface area contributed by atoms with Gasteiger partial charge in [0.05, 0.1) is 8.46 Å². The standard InChI is InChI=1S/C6H16PSi.C5H5.4CH3.ClH.Cr/c1-5-7(6-2)8(3)4;1-2-4-5-3-1;;;;;;/h5-6H2,1-4H3;1-3H,4H2;4*1H3;1H;/q;5*-1;;+5. The predicted octanol–water partition coefficient (Wildman–Crippen LogP) is 6.29. The third-order valence-corrected chi connectivity index (χ3v) is 10.5. The third-order valence-electron chi connectivity index (χ3n) is 1.98. The molecule has 0 aromatic rings. The number of allylic oxidation sites excluding steroid dienone is 4. The summed E-state index contributed by atoms with van der Waals surface area (Å²) in [6, 6.07) is 0. The van der Waals surface area contributed by atoms with Gasteiger partial charge in [-0.25, -0.2) is 12.2 Å². The van der Waals surface area contributed by atoms with Crippen molar-refractivity contribution in [2.24, 2.45) is 0 Å². The minimum Gasteiger partial charge on any atom is -0.358 e. The van der Waals surface area contributed by atoms with Crippen LogP contribution in [0.1, 0.15) is 20.3 Å². The Morgan fingerprint density at radius 1 is 1.05 bits per heavy atom. The Morgan fingerprint density at radius 3 is 1.53 bits per heavy atom. The molecule has 0 saturated carbocycles. The Labute approximate surface area is 145 Å². The zero-order valence-corrected chi connectivity index (χ0v) is 18.1. The van der Waals surface area contributed by atoms with E-state index in [2.05, 4.69) is 39.1 Å². The van der Waals surface area contributed by atoms with Crippen molar-refractivity contribution in [2.75, 3.05) is 12.3 Å². The molecular weight excluding hydrogens is 327 g/mol. The Morgan fingerprint density at radius 2 is 1.47 bits per heavy atom. The second-order valence-electron chi connectivity index (χ2n) is 3.12. The van der Waals surface area contributed by atoms with E-state index in [0.29, 0.717) is 7.47 Å². The van der Waals surface area contributed by atoms with Gasteiger partial charge in [0.1, 0.15) is 0 Å². The van der Waals surface area contributed by atoms with Crippen LogP contribution in [-0.2, 0) is 17.4 Å². The first-order valence-corrected chi connectivity index (χ1v) is 10.0. The van der Waals surface area contributed by atoms with E-state index < -0.39 is 0 Å². The van der Waals surface area contributed by atoms with Crippen molar-refractivity contribution in [2.45, 2.75) is 33.4 Å². The first kappa shape index (κ1) is 42.7. The summed E-state index contributed by atoms with van der Waals surface area (Å²) in [6.07, 6.45) is 12.9.